The molecule has 0 aromatic heterocycles. The first kappa shape index (κ1) is 11.4. The number of carbonyl (C=O) groups excluding carboxylic acids is 1. The molecule has 0 bridgehead atoms. The topological polar surface area (TPSA) is 63.2 Å². The highest BCUT2D eigenvalue weighted by Crippen LogP contribution is 1.97. The Kier molecular flexibility index (Phi) is 4.86. The third-order valence-corrected chi connectivity index (χ3v) is 2.46. The fourth-order valence-electron chi connectivity index (χ4n) is 1.49. The van der Waals surface area contributed by atoms with Crippen molar-refractivity contribution in [3.8, 4) is 0 Å². The van der Waals surface area contributed by atoms with Gasteiger partial charge in [-0.15, -0.1) is 0 Å². The second-order valence-corrected chi connectivity index (χ2v) is 3.78. The molecule has 1 heterocycles. The number of nitrogens with zero attached hydrogens (tertiary/aromatic N) is 2. The van der Waals surface area contributed by atoms with Crippen LogP contribution in [0.3, 0.4) is 0 Å². The highest BCUT2D eigenvalue weighted by Gasteiger charge is 2.15. The van der Waals surface area contributed by atoms with E-state index in [1.807, 2.05) is 0 Å². The van der Waals surface area contributed by atoms with Crippen LogP contribution in [0.2, 0.25) is 0 Å². The summed E-state index contributed by atoms with van der Waals surface area (Å²) in [6, 6.07) is 0. The lowest BCUT2D eigenvalue weighted by Gasteiger charge is -2.31. The maximum absolute atomic E-state index is 11.4. The van der Waals surface area contributed by atoms with Crippen molar-refractivity contribution in [1.29, 1.82) is 0 Å². The summed E-state index contributed by atoms with van der Waals surface area (Å²) in [6.45, 7) is 6.09. The van der Waals surface area contributed by atoms with Crippen molar-refractivity contribution in [3.05, 3.63) is 0 Å². The van der Waals surface area contributed by atoms with Crippen molar-refractivity contribution in [3.63, 3.8) is 0 Å². The van der Waals surface area contributed by atoms with Crippen molar-refractivity contribution in [2.24, 2.45) is 0 Å². The quantitative estimate of drug-likeness (QED) is 0.533. The first-order valence-corrected chi connectivity index (χ1v) is 5.19. The molecule has 0 spiro atoms. The number of hydrogen-bond acceptors (Lipinski definition) is 3. The lowest BCUT2D eigenvalue weighted by molar-refractivity contribution is -0.364. The fourth-order valence-corrected chi connectivity index (χ4v) is 1.49. The van der Waals surface area contributed by atoms with E-state index in [1.165, 1.54) is 0 Å². The Balaban J connectivity index is 2.14. The first-order valence-electron chi connectivity index (χ1n) is 5.19. The van der Waals surface area contributed by atoms with Gasteiger partial charge >= 0.3 is 0 Å². The molecule has 5 nitrogen and oxygen atoms in total. The Hall–Kier alpha value is -0.650. The molecule has 4 N–H and O–H groups in total. The molecule has 5 heteroatoms. The van der Waals surface area contributed by atoms with Gasteiger partial charge in [0.25, 0.3) is 0 Å². The van der Waals surface area contributed by atoms with Gasteiger partial charge in [-0.3, -0.25) is 9.69 Å². The number of piperazine rings is 1. The monoisotopic (exact) mass is 201 g/mol. The van der Waals surface area contributed by atoms with Crippen molar-refractivity contribution < 1.29 is 10.5 Å². The molecule has 1 aliphatic heterocycles. The third kappa shape index (κ3) is 4.04. The molecule has 0 atom stereocenters. The third-order valence-electron chi connectivity index (χ3n) is 2.46. The van der Waals surface area contributed by atoms with Crippen LogP contribution in [-0.4, -0.2) is 68.6 Å². The minimum atomic E-state index is 0.123. The minimum Gasteiger partial charge on any atom is -0.356 e. The van der Waals surface area contributed by atoms with Gasteiger partial charge in [0.2, 0.25) is 5.91 Å². The van der Waals surface area contributed by atoms with Gasteiger partial charge in [-0.1, -0.05) is 0 Å². The van der Waals surface area contributed by atoms with Gasteiger partial charge < -0.3 is 16.0 Å². The second kappa shape index (κ2) is 5.95. The molecule has 1 rings (SSSR count). The molecule has 0 saturated carbocycles. The number of carbonyl (C=O) groups is 1. The molecular weight excluding hydrogens is 180 g/mol. The Morgan fingerprint density at radius 2 is 2.00 bits per heavy atom. The molecule has 0 radical (unpaired) electrons. The molecule has 0 aromatic carbocycles. The molecule has 1 aliphatic rings. The number of quaternary nitrogens is 1. The van der Waals surface area contributed by atoms with E-state index in [2.05, 4.69) is 27.9 Å². The zero-order valence-electron chi connectivity index (χ0n) is 8.96. The zero-order valence-corrected chi connectivity index (χ0v) is 8.96. The number of nitrogens with one attached hydrogen (secondary N) is 1. The molecular formula is C9H21N4O+. The van der Waals surface area contributed by atoms with Gasteiger partial charge in [0.15, 0.2) is 0 Å². The summed E-state index contributed by atoms with van der Waals surface area (Å²) in [5, 5.41) is 2.83. The average molecular weight is 201 g/mol. The summed E-state index contributed by atoms with van der Waals surface area (Å²) in [6.07, 6.45) is 0. The van der Waals surface area contributed by atoms with Crippen molar-refractivity contribution in [2.75, 3.05) is 52.9 Å². The van der Waals surface area contributed by atoms with Crippen LogP contribution in [0.4, 0.5) is 0 Å². The number of hydrogen-bond donors (Lipinski definition) is 2. The van der Waals surface area contributed by atoms with Crippen LogP contribution in [-0.2, 0) is 4.79 Å². The SMILES string of the molecule is CN1CCN(CC(=O)NCC[NH3+])CC1. The molecule has 82 valence electrons. The number of likely N-dealkylation sites (N-methyl/N-ethyl adjacent to an activating group) is 1. The van der Waals surface area contributed by atoms with E-state index in [9.17, 15) is 4.79 Å². The Morgan fingerprint density at radius 3 is 2.57 bits per heavy atom. The maximum atomic E-state index is 11.4. The summed E-state index contributed by atoms with van der Waals surface area (Å²) in [4.78, 5) is 15.8. The predicted molar refractivity (Wildman–Crippen MR) is 54.7 cm³/mol. The zero-order chi connectivity index (χ0) is 10.4. The van der Waals surface area contributed by atoms with Crippen LogP contribution in [0, 0.1) is 0 Å². The van der Waals surface area contributed by atoms with Gasteiger partial charge in [-0.25, -0.2) is 0 Å². The van der Waals surface area contributed by atoms with E-state index in [0.717, 1.165) is 32.7 Å². The van der Waals surface area contributed by atoms with Crippen LogP contribution >= 0.6 is 0 Å². The Morgan fingerprint density at radius 1 is 1.36 bits per heavy atom. The Labute approximate surface area is 85.2 Å². The Bertz CT molecular complexity index is 178. The molecule has 1 amide bonds. The van der Waals surface area contributed by atoms with E-state index in [1.54, 1.807) is 0 Å². The highest BCUT2D eigenvalue weighted by molar-refractivity contribution is 5.77. The lowest BCUT2D eigenvalue weighted by Crippen LogP contribution is -2.56. The lowest BCUT2D eigenvalue weighted by atomic mass is 10.3. The summed E-state index contributed by atoms with van der Waals surface area (Å²) in [5.41, 5.74) is 3.68. The normalized spacial score (nSPS) is 19.6. The van der Waals surface area contributed by atoms with Crippen LogP contribution in [0.25, 0.3) is 0 Å². The van der Waals surface area contributed by atoms with Crippen molar-refractivity contribution in [2.45, 2.75) is 0 Å². The van der Waals surface area contributed by atoms with Crippen LogP contribution < -0.4 is 11.1 Å². The van der Waals surface area contributed by atoms with Crippen molar-refractivity contribution in [1.82, 2.24) is 15.1 Å². The minimum absolute atomic E-state index is 0.123. The first-order chi connectivity index (χ1) is 6.72. The summed E-state index contributed by atoms with van der Waals surface area (Å²) < 4.78 is 0. The van der Waals surface area contributed by atoms with E-state index >= 15 is 0 Å². The van der Waals surface area contributed by atoms with Gasteiger partial charge in [-0.05, 0) is 7.05 Å². The summed E-state index contributed by atoms with van der Waals surface area (Å²) in [5.74, 6) is 0.123. The molecule has 1 fully saturated rings. The summed E-state index contributed by atoms with van der Waals surface area (Å²) in [7, 11) is 2.11. The fraction of sp³-hybridized carbons (Fsp3) is 0.889. The van der Waals surface area contributed by atoms with Gasteiger partial charge in [0.05, 0.1) is 19.6 Å². The van der Waals surface area contributed by atoms with Crippen molar-refractivity contribution >= 4 is 5.91 Å². The molecule has 14 heavy (non-hydrogen) atoms. The van der Waals surface area contributed by atoms with Gasteiger partial charge in [0, 0.05) is 26.2 Å². The maximum Gasteiger partial charge on any atom is 0.234 e. The molecule has 0 aliphatic carbocycles. The second-order valence-electron chi connectivity index (χ2n) is 3.78. The van der Waals surface area contributed by atoms with Gasteiger partial charge in [-0.2, -0.15) is 0 Å². The molecule has 0 aromatic rings. The van der Waals surface area contributed by atoms with E-state index in [0.29, 0.717) is 13.1 Å². The number of amides is 1. The smallest absolute Gasteiger partial charge is 0.234 e. The largest absolute Gasteiger partial charge is 0.356 e. The number of rotatable bonds is 4. The van der Waals surface area contributed by atoms with Crippen LogP contribution in [0.15, 0.2) is 0 Å². The van der Waals surface area contributed by atoms with Crippen LogP contribution in [0.5, 0.6) is 0 Å². The predicted octanol–water partition coefficient (Wildman–Crippen LogP) is -2.41. The molecule has 1 saturated heterocycles. The highest BCUT2D eigenvalue weighted by atomic mass is 16.2. The van der Waals surface area contributed by atoms with E-state index in [-0.39, 0.29) is 5.91 Å². The average Bonchev–Trinajstić information content (AvgIpc) is 2.18. The molecule has 0 unspecified atom stereocenters. The van der Waals surface area contributed by atoms with E-state index in [4.69, 9.17) is 0 Å². The van der Waals surface area contributed by atoms with Gasteiger partial charge in [0.1, 0.15) is 0 Å². The van der Waals surface area contributed by atoms with E-state index < -0.39 is 0 Å². The van der Waals surface area contributed by atoms with Crippen LogP contribution in [0.1, 0.15) is 0 Å². The standard InChI is InChI=1S/C9H20N4O/c1-12-4-6-13(7-5-12)8-9(14)11-3-2-10/h2-8,10H2,1H3,(H,11,14)/p+1. The summed E-state index contributed by atoms with van der Waals surface area (Å²) >= 11 is 0.